The fourth-order valence-electron chi connectivity index (χ4n) is 2.11. The first-order valence-electron chi connectivity index (χ1n) is 5.52. The Kier molecular flexibility index (Phi) is 4.52. The van der Waals surface area contributed by atoms with Crippen molar-refractivity contribution in [2.75, 3.05) is 0 Å². The van der Waals surface area contributed by atoms with Gasteiger partial charge in [-0.25, -0.2) is 4.39 Å². The lowest BCUT2D eigenvalue weighted by atomic mass is 9.70. The summed E-state index contributed by atoms with van der Waals surface area (Å²) >= 11 is 0. The van der Waals surface area contributed by atoms with Gasteiger partial charge in [0.15, 0.2) is 0 Å². The van der Waals surface area contributed by atoms with Gasteiger partial charge in [0.05, 0.1) is 5.57 Å². The third kappa shape index (κ3) is 2.73. The van der Waals surface area contributed by atoms with E-state index in [2.05, 4.69) is 0 Å². The number of nitrogens with one attached hydrogen (secondary N) is 1. The number of halogens is 16. The molecule has 0 aromatic heterocycles. The molecule has 1 aliphatic rings. The summed E-state index contributed by atoms with van der Waals surface area (Å²) in [6.45, 7) is 0. The predicted octanol–water partition coefficient (Wildman–Crippen LogP) is 5.10. The maximum Gasteiger partial charge on any atom is 0.435 e. The quantitative estimate of drug-likeness (QED) is 0.575. The number of allylic oxidation sites excluding steroid dienone is 1. The van der Waals surface area contributed by atoms with Crippen LogP contribution in [0.1, 0.15) is 0 Å². The van der Waals surface area contributed by atoms with Crippen molar-refractivity contribution in [3.8, 4) is 0 Å². The minimum atomic E-state index is -7.64. The minimum absolute atomic E-state index is 0.522. The molecule has 26 heavy (non-hydrogen) atoms. The van der Waals surface area contributed by atoms with E-state index in [-0.39, 0.29) is 0 Å². The van der Waals surface area contributed by atoms with Gasteiger partial charge in [0.1, 0.15) is 5.70 Å². The molecular weight excluding hydrogens is 426 g/mol. The predicted molar refractivity (Wildman–Crippen MR) is 47.0 cm³/mol. The highest BCUT2D eigenvalue weighted by Crippen LogP contribution is 2.65. The van der Waals surface area contributed by atoms with Crippen molar-refractivity contribution < 1.29 is 70.2 Å². The summed E-state index contributed by atoms with van der Waals surface area (Å²) < 4.78 is 202. The molecule has 1 nitrogen and oxygen atoms in total. The average Bonchev–Trinajstić information content (AvgIpc) is 2.17. The molecule has 1 aliphatic heterocycles. The summed E-state index contributed by atoms with van der Waals surface area (Å²) in [5, 5.41) is -0.522. The second kappa shape index (κ2) is 5.24. The standard InChI is InChI=1S/C9HF16N/c10-3(6(14,15)16,7(17,18)19)1-2(5(11,12)13)26-4(1,8(20,21)22)9(23,24)25/h26H. The maximum atomic E-state index is 13.7. The van der Waals surface area contributed by atoms with Gasteiger partial charge in [-0.15, -0.1) is 0 Å². The van der Waals surface area contributed by atoms with E-state index in [1.807, 2.05) is 0 Å². The molecule has 0 fully saturated rings. The average molecular weight is 427 g/mol. The summed E-state index contributed by atoms with van der Waals surface area (Å²) in [4.78, 5) is 0. The normalized spacial score (nSPS) is 20.0. The van der Waals surface area contributed by atoms with Gasteiger partial charge < -0.3 is 5.32 Å². The van der Waals surface area contributed by atoms with E-state index in [9.17, 15) is 70.2 Å². The highest BCUT2D eigenvalue weighted by molar-refractivity contribution is 5.52. The molecule has 0 saturated heterocycles. The van der Waals surface area contributed by atoms with Gasteiger partial charge in [-0.05, 0) is 0 Å². The molecule has 0 aliphatic carbocycles. The maximum absolute atomic E-state index is 13.7. The summed E-state index contributed by atoms with van der Waals surface area (Å²) in [6.07, 6.45) is -36.4. The van der Waals surface area contributed by atoms with E-state index in [0.717, 1.165) is 0 Å². The molecule has 0 unspecified atom stereocenters. The lowest BCUT2D eigenvalue weighted by Crippen LogP contribution is -2.80. The van der Waals surface area contributed by atoms with Crippen molar-refractivity contribution in [1.29, 1.82) is 0 Å². The molecule has 1 rings (SSSR count). The van der Waals surface area contributed by atoms with Crippen LogP contribution in [-0.2, 0) is 0 Å². The highest BCUT2D eigenvalue weighted by Gasteiger charge is 2.90. The zero-order valence-electron chi connectivity index (χ0n) is 11.0. The third-order valence-electron chi connectivity index (χ3n) is 3.20. The first kappa shape index (κ1) is 22.5. The largest absolute Gasteiger partial charge is 0.435 e. The number of alkyl halides is 16. The zero-order valence-corrected chi connectivity index (χ0v) is 11.0. The number of hydrogen-bond acceptors (Lipinski definition) is 1. The Labute approximate surface area is 130 Å². The third-order valence-corrected chi connectivity index (χ3v) is 3.20. The summed E-state index contributed by atoms with van der Waals surface area (Å²) in [6, 6.07) is 0. The molecule has 1 heterocycles. The molecule has 0 aromatic rings. The summed E-state index contributed by atoms with van der Waals surface area (Å²) in [5.41, 5.74) is -22.6. The van der Waals surface area contributed by atoms with E-state index in [4.69, 9.17) is 0 Å². The SMILES string of the molecule is FC(F)(F)C1=C(C(F)(C(F)(F)F)C(F)(F)F)C(C(F)(F)F)(C(F)(F)F)N1. The molecule has 0 bridgehead atoms. The fraction of sp³-hybridized carbons (Fsp3) is 0.778. The van der Waals surface area contributed by atoms with Crippen LogP contribution in [-0.4, -0.2) is 42.1 Å². The van der Waals surface area contributed by atoms with Crippen LogP contribution in [0.25, 0.3) is 0 Å². The van der Waals surface area contributed by atoms with Crippen molar-refractivity contribution in [2.24, 2.45) is 0 Å². The second-order valence-electron chi connectivity index (χ2n) is 4.77. The van der Waals surface area contributed by atoms with Crippen molar-refractivity contribution in [3.63, 3.8) is 0 Å². The molecule has 154 valence electrons. The minimum Gasteiger partial charge on any atom is -0.356 e. The van der Waals surface area contributed by atoms with Crippen LogP contribution in [0.4, 0.5) is 70.2 Å². The van der Waals surface area contributed by atoms with Crippen LogP contribution in [0.2, 0.25) is 0 Å². The lowest BCUT2D eigenvalue weighted by molar-refractivity contribution is -0.357. The smallest absolute Gasteiger partial charge is 0.356 e. The first-order valence-corrected chi connectivity index (χ1v) is 5.52. The molecule has 0 aromatic carbocycles. The van der Waals surface area contributed by atoms with Gasteiger partial charge in [-0.2, -0.15) is 65.9 Å². The zero-order chi connectivity index (χ0) is 21.4. The second-order valence-corrected chi connectivity index (χ2v) is 4.77. The van der Waals surface area contributed by atoms with Crippen LogP contribution in [0, 0.1) is 0 Å². The highest BCUT2D eigenvalue weighted by atomic mass is 19.4. The van der Waals surface area contributed by atoms with Crippen LogP contribution >= 0.6 is 0 Å². The van der Waals surface area contributed by atoms with Crippen molar-refractivity contribution in [3.05, 3.63) is 11.3 Å². The fourth-order valence-corrected chi connectivity index (χ4v) is 2.11. The van der Waals surface area contributed by atoms with Crippen molar-refractivity contribution >= 4 is 0 Å². The van der Waals surface area contributed by atoms with E-state index in [1.165, 1.54) is 0 Å². The Morgan fingerprint density at radius 2 is 0.846 bits per heavy atom. The Hall–Kier alpha value is -1.58. The molecule has 0 amide bonds. The Bertz CT molecular complexity index is 564. The molecule has 0 saturated carbocycles. The van der Waals surface area contributed by atoms with Gasteiger partial charge in [0.25, 0.3) is 5.54 Å². The topological polar surface area (TPSA) is 12.0 Å². The van der Waals surface area contributed by atoms with Gasteiger partial charge in [0.2, 0.25) is 0 Å². The van der Waals surface area contributed by atoms with E-state index in [1.54, 1.807) is 0 Å². The van der Waals surface area contributed by atoms with Crippen LogP contribution in [0.5, 0.6) is 0 Å². The first-order chi connectivity index (χ1) is 11.0. The van der Waals surface area contributed by atoms with E-state index >= 15 is 0 Å². The van der Waals surface area contributed by atoms with Gasteiger partial charge in [0, 0.05) is 0 Å². The Morgan fingerprint density at radius 1 is 0.538 bits per heavy atom. The van der Waals surface area contributed by atoms with Crippen molar-refractivity contribution in [1.82, 2.24) is 5.32 Å². The Balaban J connectivity index is 4.11. The molecule has 0 spiro atoms. The monoisotopic (exact) mass is 427 g/mol. The number of rotatable bonds is 1. The number of hydrogen-bond donors (Lipinski definition) is 1. The van der Waals surface area contributed by atoms with Crippen LogP contribution in [0.15, 0.2) is 11.3 Å². The van der Waals surface area contributed by atoms with Crippen LogP contribution < -0.4 is 5.32 Å². The Morgan fingerprint density at radius 3 is 1.04 bits per heavy atom. The van der Waals surface area contributed by atoms with Gasteiger partial charge in [-0.3, -0.25) is 0 Å². The lowest BCUT2D eigenvalue weighted by Gasteiger charge is -2.52. The van der Waals surface area contributed by atoms with Crippen LogP contribution in [0.3, 0.4) is 0 Å². The molecule has 0 atom stereocenters. The summed E-state index contributed by atoms with van der Waals surface area (Å²) in [7, 11) is 0. The molecular formula is C9HF16N. The molecule has 17 heteroatoms. The molecule has 0 radical (unpaired) electrons. The van der Waals surface area contributed by atoms with E-state index in [0.29, 0.717) is 0 Å². The summed E-state index contributed by atoms with van der Waals surface area (Å²) in [5.74, 6) is 0. The molecule has 1 N–H and O–H groups in total. The van der Waals surface area contributed by atoms with E-state index < -0.39 is 58.7 Å². The van der Waals surface area contributed by atoms with Crippen molar-refractivity contribution in [2.45, 2.75) is 42.1 Å². The van der Waals surface area contributed by atoms with Gasteiger partial charge >= 0.3 is 36.6 Å². The van der Waals surface area contributed by atoms with Gasteiger partial charge in [-0.1, -0.05) is 0 Å².